The Labute approximate surface area is 106 Å². The lowest BCUT2D eigenvalue weighted by Crippen LogP contribution is -2.03. The first-order valence-electron chi connectivity index (χ1n) is 5.96. The highest BCUT2D eigenvalue weighted by Gasteiger charge is 2.08. The van der Waals surface area contributed by atoms with E-state index in [2.05, 4.69) is 22.9 Å². The average molecular weight is 283 g/mol. The fourth-order valence-corrected chi connectivity index (χ4v) is 2.19. The SMILES string of the molecule is CCc1ccccc1C(=O)CCCCCBr. The Kier molecular flexibility index (Phi) is 6.39. The third kappa shape index (κ3) is 4.09. The summed E-state index contributed by atoms with van der Waals surface area (Å²) >= 11 is 3.40. The molecule has 0 N–H and O–H groups in total. The second-order valence-electron chi connectivity index (χ2n) is 3.93. The fourth-order valence-electron chi connectivity index (χ4n) is 1.79. The number of hydrogen-bond donors (Lipinski definition) is 0. The normalized spacial score (nSPS) is 10.4. The van der Waals surface area contributed by atoms with Gasteiger partial charge in [0.05, 0.1) is 0 Å². The molecule has 0 aliphatic carbocycles. The number of ketones is 1. The fraction of sp³-hybridized carbons (Fsp3) is 0.500. The number of halogens is 1. The summed E-state index contributed by atoms with van der Waals surface area (Å²) < 4.78 is 0. The van der Waals surface area contributed by atoms with E-state index in [1.807, 2.05) is 24.3 Å². The molecule has 2 heteroatoms. The summed E-state index contributed by atoms with van der Waals surface area (Å²) in [6.45, 7) is 2.09. The molecular weight excluding hydrogens is 264 g/mol. The molecule has 1 aromatic rings. The van der Waals surface area contributed by atoms with Crippen molar-refractivity contribution in [1.82, 2.24) is 0 Å². The highest BCUT2D eigenvalue weighted by atomic mass is 79.9. The number of aryl methyl sites for hydroxylation is 1. The van der Waals surface area contributed by atoms with Gasteiger partial charge in [0.25, 0.3) is 0 Å². The summed E-state index contributed by atoms with van der Waals surface area (Å²) in [5.41, 5.74) is 2.09. The summed E-state index contributed by atoms with van der Waals surface area (Å²) in [7, 11) is 0. The molecule has 1 aromatic carbocycles. The van der Waals surface area contributed by atoms with Gasteiger partial charge in [0.15, 0.2) is 5.78 Å². The van der Waals surface area contributed by atoms with Crippen molar-refractivity contribution >= 4 is 21.7 Å². The molecule has 0 amide bonds. The minimum atomic E-state index is 0.298. The Bertz CT molecular complexity index is 333. The van der Waals surface area contributed by atoms with Crippen LogP contribution in [0, 0.1) is 0 Å². The van der Waals surface area contributed by atoms with Gasteiger partial charge in [-0.2, -0.15) is 0 Å². The van der Waals surface area contributed by atoms with Gasteiger partial charge in [-0.05, 0) is 24.8 Å². The van der Waals surface area contributed by atoms with Gasteiger partial charge in [0.1, 0.15) is 0 Å². The second kappa shape index (κ2) is 7.61. The van der Waals surface area contributed by atoms with E-state index in [0.717, 1.165) is 36.6 Å². The minimum absolute atomic E-state index is 0.298. The van der Waals surface area contributed by atoms with Gasteiger partial charge in [-0.3, -0.25) is 4.79 Å². The first kappa shape index (κ1) is 13.4. The van der Waals surface area contributed by atoms with Gasteiger partial charge in [-0.25, -0.2) is 0 Å². The van der Waals surface area contributed by atoms with Gasteiger partial charge in [0.2, 0.25) is 0 Å². The highest BCUT2D eigenvalue weighted by Crippen LogP contribution is 2.14. The summed E-state index contributed by atoms with van der Waals surface area (Å²) in [5, 5.41) is 1.03. The Morgan fingerprint density at radius 3 is 2.62 bits per heavy atom. The largest absolute Gasteiger partial charge is 0.294 e. The standard InChI is InChI=1S/C14H19BrO/c1-2-12-8-5-6-9-13(12)14(16)10-4-3-7-11-15/h5-6,8-9H,2-4,7,10-11H2,1H3. The lowest BCUT2D eigenvalue weighted by molar-refractivity contribution is 0.0978. The van der Waals surface area contributed by atoms with Crippen LogP contribution in [-0.2, 0) is 6.42 Å². The Hall–Kier alpha value is -0.630. The van der Waals surface area contributed by atoms with Crippen molar-refractivity contribution in [3.8, 4) is 0 Å². The first-order chi connectivity index (χ1) is 7.79. The lowest BCUT2D eigenvalue weighted by Gasteiger charge is -2.06. The van der Waals surface area contributed by atoms with Crippen LogP contribution in [0.5, 0.6) is 0 Å². The molecule has 0 fully saturated rings. The molecule has 0 saturated carbocycles. The van der Waals surface area contributed by atoms with Gasteiger partial charge in [-0.1, -0.05) is 53.5 Å². The van der Waals surface area contributed by atoms with Crippen molar-refractivity contribution in [2.45, 2.75) is 39.0 Å². The Morgan fingerprint density at radius 2 is 1.94 bits per heavy atom. The van der Waals surface area contributed by atoms with E-state index in [1.54, 1.807) is 0 Å². The molecule has 0 bridgehead atoms. The molecule has 16 heavy (non-hydrogen) atoms. The van der Waals surface area contributed by atoms with Crippen LogP contribution in [-0.4, -0.2) is 11.1 Å². The van der Waals surface area contributed by atoms with Crippen LogP contribution in [0.1, 0.15) is 48.5 Å². The van der Waals surface area contributed by atoms with E-state index in [0.29, 0.717) is 12.2 Å². The van der Waals surface area contributed by atoms with Crippen molar-refractivity contribution in [3.63, 3.8) is 0 Å². The predicted molar refractivity (Wildman–Crippen MR) is 72.4 cm³/mol. The number of carbonyl (C=O) groups is 1. The second-order valence-corrected chi connectivity index (χ2v) is 4.73. The van der Waals surface area contributed by atoms with E-state index < -0.39 is 0 Å². The molecule has 0 aromatic heterocycles. The van der Waals surface area contributed by atoms with Gasteiger partial charge in [-0.15, -0.1) is 0 Å². The molecule has 0 radical (unpaired) electrons. The number of benzene rings is 1. The van der Waals surface area contributed by atoms with Crippen LogP contribution in [0.3, 0.4) is 0 Å². The number of alkyl halides is 1. The summed E-state index contributed by atoms with van der Waals surface area (Å²) in [6.07, 6.45) is 4.91. The number of Topliss-reactive ketones (excluding diaryl/α,β-unsaturated/α-hetero) is 1. The van der Waals surface area contributed by atoms with Gasteiger partial charge >= 0.3 is 0 Å². The smallest absolute Gasteiger partial charge is 0.163 e. The zero-order valence-electron chi connectivity index (χ0n) is 9.84. The maximum absolute atomic E-state index is 12.0. The predicted octanol–water partition coefficient (Wildman–Crippen LogP) is 4.39. The monoisotopic (exact) mass is 282 g/mol. The minimum Gasteiger partial charge on any atom is -0.294 e. The number of rotatable bonds is 7. The molecule has 0 aliphatic rings. The Morgan fingerprint density at radius 1 is 1.19 bits per heavy atom. The van der Waals surface area contributed by atoms with Crippen LogP contribution in [0.25, 0.3) is 0 Å². The molecule has 0 heterocycles. The third-order valence-corrected chi connectivity index (χ3v) is 3.30. The number of carbonyl (C=O) groups excluding carboxylic acids is 1. The van der Waals surface area contributed by atoms with Crippen molar-refractivity contribution < 1.29 is 4.79 Å². The van der Waals surface area contributed by atoms with E-state index in [9.17, 15) is 4.79 Å². The van der Waals surface area contributed by atoms with E-state index in [1.165, 1.54) is 5.56 Å². The first-order valence-corrected chi connectivity index (χ1v) is 7.08. The molecule has 1 rings (SSSR count). The van der Waals surface area contributed by atoms with E-state index in [4.69, 9.17) is 0 Å². The summed E-state index contributed by atoms with van der Waals surface area (Å²) in [4.78, 5) is 12.0. The molecule has 88 valence electrons. The van der Waals surface area contributed by atoms with Crippen molar-refractivity contribution in [2.24, 2.45) is 0 Å². The summed E-state index contributed by atoms with van der Waals surface area (Å²) in [6, 6.07) is 7.95. The Balaban J connectivity index is 2.52. The molecule has 0 atom stereocenters. The lowest BCUT2D eigenvalue weighted by atomic mass is 9.98. The van der Waals surface area contributed by atoms with Crippen LogP contribution < -0.4 is 0 Å². The zero-order chi connectivity index (χ0) is 11.8. The molecule has 0 aliphatic heterocycles. The quantitative estimate of drug-likeness (QED) is 0.412. The molecule has 0 saturated heterocycles. The molecule has 0 spiro atoms. The van der Waals surface area contributed by atoms with E-state index >= 15 is 0 Å². The maximum Gasteiger partial charge on any atom is 0.163 e. The summed E-state index contributed by atoms with van der Waals surface area (Å²) in [5.74, 6) is 0.298. The van der Waals surface area contributed by atoms with E-state index in [-0.39, 0.29) is 0 Å². The highest BCUT2D eigenvalue weighted by molar-refractivity contribution is 9.09. The van der Waals surface area contributed by atoms with Crippen LogP contribution in [0.4, 0.5) is 0 Å². The number of unbranched alkanes of at least 4 members (excludes halogenated alkanes) is 2. The van der Waals surface area contributed by atoms with Gasteiger partial charge < -0.3 is 0 Å². The van der Waals surface area contributed by atoms with Gasteiger partial charge in [0, 0.05) is 17.3 Å². The maximum atomic E-state index is 12.0. The van der Waals surface area contributed by atoms with Crippen LogP contribution in [0.15, 0.2) is 24.3 Å². The van der Waals surface area contributed by atoms with Crippen LogP contribution in [0.2, 0.25) is 0 Å². The average Bonchev–Trinajstić information content (AvgIpc) is 2.34. The third-order valence-electron chi connectivity index (χ3n) is 2.74. The van der Waals surface area contributed by atoms with Crippen molar-refractivity contribution in [2.75, 3.05) is 5.33 Å². The molecule has 0 unspecified atom stereocenters. The van der Waals surface area contributed by atoms with Crippen LogP contribution >= 0.6 is 15.9 Å². The topological polar surface area (TPSA) is 17.1 Å². The van der Waals surface area contributed by atoms with Crippen molar-refractivity contribution in [1.29, 1.82) is 0 Å². The van der Waals surface area contributed by atoms with Crippen molar-refractivity contribution in [3.05, 3.63) is 35.4 Å². The zero-order valence-corrected chi connectivity index (χ0v) is 11.4. The molecule has 1 nitrogen and oxygen atoms in total. The number of hydrogen-bond acceptors (Lipinski definition) is 1. The molecular formula is C14H19BrO.